The van der Waals surface area contributed by atoms with E-state index in [2.05, 4.69) is 0 Å². The van der Waals surface area contributed by atoms with Crippen molar-refractivity contribution in [1.82, 2.24) is 0 Å². The van der Waals surface area contributed by atoms with Gasteiger partial charge >= 0.3 is 41.3 Å². The van der Waals surface area contributed by atoms with E-state index >= 15 is 0 Å². The van der Waals surface area contributed by atoms with Gasteiger partial charge in [0.2, 0.25) is 0 Å². The van der Waals surface area contributed by atoms with Gasteiger partial charge in [0.05, 0.1) is 0 Å². The van der Waals surface area contributed by atoms with Gasteiger partial charge in [-0.15, -0.1) is 0 Å². The molecule has 0 aliphatic carbocycles. The van der Waals surface area contributed by atoms with Crippen molar-refractivity contribution in [3.63, 3.8) is 0 Å². The largest absolute Gasteiger partial charge is 3.00 e. The summed E-state index contributed by atoms with van der Waals surface area (Å²) in [5.74, 6) is 0. The minimum atomic E-state index is 0. The van der Waals surface area contributed by atoms with E-state index in [0.29, 0.717) is 0 Å². The smallest absolute Gasteiger partial charge is 0.412 e. The van der Waals surface area contributed by atoms with Crippen LogP contribution in [0.25, 0.3) is 0 Å². The molecule has 12 N–H and O–H groups in total. The van der Waals surface area contributed by atoms with Crippen LogP contribution in [-0.2, 0) is 0 Å². The molecule has 0 unspecified atom stereocenters. The van der Waals surface area contributed by atoms with E-state index in [4.69, 9.17) is 0 Å². The van der Waals surface area contributed by atoms with Gasteiger partial charge in [-0.05, 0) is 0 Å². The Labute approximate surface area is 73.7 Å². The molecule has 0 radical (unpaired) electrons. The van der Waals surface area contributed by atoms with Gasteiger partial charge in [0, 0.05) is 0 Å². The first-order chi connectivity index (χ1) is 0. The van der Waals surface area contributed by atoms with E-state index in [0.717, 1.165) is 0 Å². The summed E-state index contributed by atoms with van der Waals surface area (Å²) in [5, 5.41) is 0. The third kappa shape index (κ3) is 148. The summed E-state index contributed by atoms with van der Waals surface area (Å²) in [5.41, 5.74) is 0. The zero-order valence-electron chi connectivity index (χ0n) is 3.58. The van der Waals surface area contributed by atoms with Crippen LogP contribution in [0.2, 0.25) is 0 Å². The first-order valence-electron chi connectivity index (χ1n) is 0. The molecular formula is H12O6Pr+3. The average Bonchev–Trinajstić information content (AvgIpc) is 0. The molecule has 0 aromatic carbocycles. The Bertz CT molecular complexity index is 4.14. The first-order valence-corrected chi connectivity index (χ1v) is 0. The van der Waals surface area contributed by atoms with E-state index in [1.165, 1.54) is 0 Å². The van der Waals surface area contributed by atoms with E-state index in [1.807, 2.05) is 0 Å². The summed E-state index contributed by atoms with van der Waals surface area (Å²) in [6.45, 7) is 0. The van der Waals surface area contributed by atoms with Crippen molar-refractivity contribution in [3.05, 3.63) is 0 Å². The molecule has 0 saturated carbocycles. The predicted octanol–water partition coefficient (Wildman–Crippen LogP) is -4.95. The maximum atomic E-state index is 0. The van der Waals surface area contributed by atoms with Gasteiger partial charge in [-0.2, -0.15) is 0 Å². The first kappa shape index (κ1) is 327. The van der Waals surface area contributed by atoms with Crippen LogP contribution in [0, 0.1) is 41.3 Å². The van der Waals surface area contributed by atoms with Crippen molar-refractivity contribution in [2.24, 2.45) is 0 Å². The van der Waals surface area contributed by atoms with Gasteiger partial charge in [-0.25, -0.2) is 0 Å². The molecule has 7 heavy (non-hydrogen) atoms. The normalized spacial score (nSPS) is 0. The maximum absolute atomic E-state index is 0. The van der Waals surface area contributed by atoms with E-state index < -0.39 is 0 Å². The Morgan fingerprint density at radius 1 is 0.286 bits per heavy atom. The summed E-state index contributed by atoms with van der Waals surface area (Å²) in [6, 6.07) is 0. The summed E-state index contributed by atoms with van der Waals surface area (Å²) in [6.07, 6.45) is 0. The monoisotopic (exact) mass is 249 g/mol. The Morgan fingerprint density at radius 3 is 0.286 bits per heavy atom. The van der Waals surface area contributed by atoms with Crippen molar-refractivity contribution < 1.29 is 74.1 Å². The molecule has 7 heteroatoms. The molecule has 0 aromatic rings. The van der Waals surface area contributed by atoms with E-state index in [9.17, 15) is 0 Å². The number of rotatable bonds is 0. The molecule has 0 bridgehead atoms. The minimum absolute atomic E-state index is 0. The Kier molecular flexibility index (Phi) is 9870. The maximum Gasteiger partial charge on any atom is 3.00 e. The molecule has 0 aliphatic rings. The van der Waals surface area contributed by atoms with E-state index in [1.54, 1.807) is 0 Å². The minimum Gasteiger partial charge on any atom is -0.412 e. The summed E-state index contributed by atoms with van der Waals surface area (Å²) >= 11 is 0. The zero-order chi connectivity index (χ0) is 0. The van der Waals surface area contributed by atoms with Crippen LogP contribution in [0.1, 0.15) is 0 Å². The molecular weight excluding hydrogens is 237 g/mol. The molecule has 0 fully saturated rings. The standard InChI is InChI=1S/6H2O.Pr/h6*1H2;/q;;;;;;+3. The molecule has 48 valence electrons. The average molecular weight is 249 g/mol. The zero-order valence-corrected chi connectivity index (χ0v) is 7.28. The fourth-order valence-corrected chi connectivity index (χ4v) is 0. The van der Waals surface area contributed by atoms with Crippen LogP contribution >= 0.6 is 0 Å². The molecule has 0 aromatic heterocycles. The van der Waals surface area contributed by atoms with Crippen LogP contribution in [0.15, 0.2) is 0 Å². The van der Waals surface area contributed by atoms with Gasteiger partial charge < -0.3 is 32.9 Å². The summed E-state index contributed by atoms with van der Waals surface area (Å²) < 4.78 is 0. The van der Waals surface area contributed by atoms with Crippen molar-refractivity contribution in [2.45, 2.75) is 0 Å². The molecule has 0 saturated heterocycles. The Hall–Kier alpha value is 1.12. The SMILES string of the molecule is O.O.O.O.O.O.[Pr+3]. The van der Waals surface area contributed by atoms with Crippen LogP contribution in [-0.4, -0.2) is 32.9 Å². The third-order valence-electron chi connectivity index (χ3n) is 0. The Balaban J connectivity index is 0. The second-order valence-corrected chi connectivity index (χ2v) is 0. The third-order valence-corrected chi connectivity index (χ3v) is 0. The molecule has 0 spiro atoms. The van der Waals surface area contributed by atoms with Crippen molar-refractivity contribution >= 4 is 0 Å². The second kappa shape index (κ2) is 212. The van der Waals surface area contributed by atoms with Crippen molar-refractivity contribution in [3.8, 4) is 0 Å². The fourth-order valence-electron chi connectivity index (χ4n) is 0. The number of hydrogen-bond donors (Lipinski definition) is 0. The van der Waals surface area contributed by atoms with Gasteiger partial charge in [-0.3, -0.25) is 0 Å². The molecule has 0 amide bonds. The quantitative estimate of drug-likeness (QED) is 0.397. The van der Waals surface area contributed by atoms with Crippen molar-refractivity contribution in [2.75, 3.05) is 0 Å². The van der Waals surface area contributed by atoms with E-state index in [-0.39, 0.29) is 74.1 Å². The Morgan fingerprint density at radius 2 is 0.286 bits per heavy atom. The molecule has 6 nitrogen and oxygen atoms in total. The molecule has 0 rings (SSSR count). The van der Waals surface area contributed by atoms with Crippen LogP contribution in [0.3, 0.4) is 0 Å². The molecule has 0 aliphatic heterocycles. The summed E-state index contributed by atoms with van der Waals surface area (Å²) in [7, 11) is 0. The summed E-state index contributed by atoms with van der Waals surface area (Å²) in [4.78, 5) is 0. The van der Waals surface area contributed by atoms with Crippen LogP contribution < -0.4 is 0 Å². The van der Waals surface area contributed by atoms with Crippen molar-refractivity contribution in [1.29, 1.82) is 0 Å². The molecule has 0 atom stereocenters. The number of hydrogen-bond acceptors (Lipinski definition) is 0. The van der Waals surface area contributed by atoms with Gasteiger partial charge in [0.25, 0.3) is 0 Å². The van der Waals surface area contributed by atoms with Gasteiger partial charge in [0.1, 0.15) is 0 Å². The fraction of sp³-hybridized carbons (Fsp3) is 0. The van der Waals surface area contributed by atoms with Crippen LogP contribution in [0.5, 0.6) is 0 Å². The van der Waals surface area contributed by atoms with Crippen LogP contribution in [0.4, 0.5) is 0 Å². The van der Waals surface area contributed by atoms with Gasteiger partial charge in [-0.1, -0.05) is 0 Å². The predicted molar refractivity (Wildman–Crippen MR) is 21.7 cm³/mol. The topological polar surface area (TPSA) is 189 Å². The molecule has 0 heterocycles. The van der Waals surface area contributed by atoms with Gasteiger partial charge in [0.15, 0.2) is 0 Å². The second-order valence-electron chi connectivity index (χ2n) is 0.